The van der Waals surface area contributed by atoms with Gasteiger partial charge in [0.15, 0.2) is 0 Å². The van der Waals surface area contributed by atoms with Crippen LogP contribution in [-0.4, -0.2) is 17.4 Å². The third-order valence-corrected chi connectivity index (χ3v) is 3.21. The standard InChI is InChI=1S/C17H21N3O/c1-4-18-15-9-10-16(19-11-15)17(21)20-14-7-5-13(6-8-14)12(2)3/h5-12,18H,4H2,1-3H3,(H,20,21). The highest BCUT2D eigenvalue weighted by Crippen LogP contribution is 2.17. The van der Waals surface area contributed by atoms with Gasteiger partial charge in [-0.05, 0) is 42.7 Å². The molecule has 2 rings (SSSR count). The van der Waals surface area contributed by atoms with E-state index in [1.54, 1.807) is 12.3 Å². The third-order valence-electron chi connectivity index (χ3n) is 3.21. The Hall–Kier alpha value is -2.36. The van der Waals surface area contributed by atoms with E-state index in [9.17, 15) is 4.79 Å². The zero-order chi connectivity index (χ0) is 15.2. The molecule has 0 unspecified atom stereocenters. The maximum Gasteiger partial charge on any atom is 0.274 e. The van der Waals surface area contributed by atoms with Gasteiger partial charge in [0.05, 0.1) is 11.9 Å². The molecule has 0 saturated heterocycles. The van der Waals surface area contributed by atoms with Crippen LogP contribution in [0.2, 0.25) is 0 Å². The van der Waals surface area contributed by atoms with E-state index in [4.69, 9.17) is 0 Å². The van der Waals surface area contributed by atoms with Gasteiger partial charge in [-0.25, -0.2) is 4.98 Å². The lowest BCUT2D eigenvalue weighted by molar-refractivity contribution is 0.102. The molecule has 0 radical (unpaired) electrons. The molecule has 4 heteroatoms. The van der Waals surface area contributed by atoms with E-state index in [2.05, 4.69) is 29.5 Å². The minimum absolute atomic E-state index is 0.199. The Balaban J connectivity index is 2.03. The zero-order valence-electron chi connectivity index (χ0n) is 12.7. The lowest BCUT2D eigenvalue weighted by Crippen LogP contribution is -2.13. The van der Waals surface area contributed by atoms with Gasteiger partial charge in [-0.1, -0.05) is 26.0 Å². The van der Waals surface area contributed by atoms with E-state index in [0.29, 0.717) is 11.6 Å². The van der Waals surface area contributed by atoms with Crippen LogP contribution in [0.5, 0.6) is 0 Å². The third kappa shape index (κ3) is 4.05. The van der Waals surface area contributed by atoms with E-state index in [0.717, 1.165) is 17.9 Å². The Labute approximate surface area is 125 Å². The molecule has 1 aromatic carbocycles. The van der Waals surface area contributed by atoms with Crippen LogP contribution in [0, 0.1) is 0 Å². The number of benzene rings is 1. The Morgan fingerprint density at radius 1 is 1.10 bits per heavy atom. The van der Waals surface area contributed by atoms with Crippen molar-refractivity contribution in [2.24, 2.45) is 0 Å². The first-order valence-electron chi connectivity index (χ1n) is 7.21. The van der Waals surface area contributed by atoms with Crippen molar-refractivity contribution in [1.29, 1.82) is 0 Å². The molecule has 2 aromatic rings. The quantitative estimate of drug-likeness (QED) is 0.875. The van der Waals surface area contributed by atoms with Crippen LogP contribution in [0.15, 0.2) is 42.6 Å². The SMILES string of the molecule is CCNc1ccc(C(=O)Nc2ccc(C(C)C)cc2)nc1. The van der Waals surface area contributed by atoms with Crippen molar-refractivity contribution in [3.05, 3.63) is 53.9 Å². The van der Waals surface area contributed by atoms with Gasteiger partial charge >= 0.3 is 0 Å². The van der Waals surface area contributed by atoms with Crippen molar-refractivity contribution in [3.63, 3.8) is 0 Å². The molecule has 0 aliphatic carbocycles. The molecule has 0 fully saturated rings. The van der Waals surface area contributed by atoms with E-state index in [1.807, 2.05) is 37.3 Å². The first-order chi connectivity index (χ1) is 10.1. The highest BCUT2D eigenvalue weighted by molar-refractivity contribution is 6.02. The number of nitrogens with zero attached hydrogens (tertiary/aromatic N) is 1. The second kappa shape index (κ2) is 6.88. The number of nitrogens with one attached hydrogen (secondary N) is 2. The summed E-state index contributed by atoms with van der Waals surface area (Å²) < 4.78 is 0. The summed E-state index contributed by atoms with van der Waals surface area (Å²) in [5.74, 6) is 0.283. The van der Waals surface area contributed by atoms with Gasteiger partial charge in [0, 0.05) is 12.2 Å². The first kappa shape index (κ1) is 15.0. The molecule has 0 atom stereocenters. The van der Waals surface area contributed by atoms with Gasteiger partial charge in [0.2, 0.25) is 0 Å². The molecule has 2 N–H and O–H groups in total. The Morgan fingerprint density at radius 2 is 1.76 bits per heavy atom. The van der Waals surface area contributed by atoms with Gasteiger partial charge in [0.25, 0.3) is 5.91 Å². The molecule has 0 aliphatic rings. The van der Waals surface area contributed by atoms with Crippen molar-refractivity contribution in [2.45, 2.75) is 26.7 Å². The van der Waals surface area contributed by atoms with Gasteiger partial charge in [-0.3, -0.25) is 4.79 Å². The van der Waals surface area contributed by atoms with Crippen molar-refractivity contribution in [1.82, 2.24) is 4.98 Å². The van der Waals surface area contributed by atoms with Crippen LogP contribution in [0.4, 0.5) is 11.4 Å². The van der Waals surface area contributed by atoms with E-state index >= 15 is 0 Å². The van der Waals surface area contributed by atoms with E-state index < -0.39 is 0 Å². The number of pyridine rings is 1. The molecule has 1 aromatic heterocycles. The summed E-state index contributed by atoms with van der Waals surface area (Å²) in [5, 5.41) is 6.00. The van der Waals surface area contributed by atoms with Crippen LogP contribution in [0.1, 0.15) is 42.7 Å². The molecule has 1 amide bonds. The Bertz CT molecular complexity index is 588. The van der Waals surface area contributed by atoms with Crippen molar-refractivity contribution >= 4 is 17.3 Å². The normalized spacial score (nSPS) is 10.5. The van der Waals surface area contributed by atoms with Gasteiger partial charge in [0.1, 0.15) is 5.69 Å². The number of carbonyl (C=O) groups is 1. The lowest BCUT2D eigenvalue weighted by Gasteiger charge is -2.08. The lowest BCUT2D eigenvalue weighted by atomic mass is 10.0. The fourth-order valence-corrected chi connectivity index (χ4v) is 1.98. The average molecular weight is 283 g/mol. The maximum atomic E-state index is 12.1. The molecule has 110 valence electrons. The van der Waals surface area contributed by atoms with Crippen LogP contribution >= 0.6 is 0 Å². The van der Waals surface area contributed by atoms with Crippen molar-refractivity contribution in [3.8, 4) is 0 Å². The Morgan fingerprint density at radius 3 is 2.29 bits per heavy atom. The summed E-state index contributed by atoms with van der Waals surface area (Å²) in [7, 11) is 0. The summed E-state index contributed by atoms with van der Waals surface area (Å²) >= 11 is 0. The molecule has 4 nitrogen and oxygen atoms in total. The second-order valence-corrected chi connectivity index (χ2v) is 5.19. The Kier molecular flexibility index (Phi) is 4.93. The molecule has 1 heterocycles. The van der Waals surface area contributed by atoms with Crippen LogP contribution in [0.3, 0.4) is 0 Å². The molecular formula is C17H21N3O. The van der Waals surface area contributed by atoms with Crippen molar-refractivity contribution in [2.75, 3.05) is 17.2 Å². The summed E-state index contributed by atoms with van der Waals surface area (Å²) in [5.41, 5.74) is 3.35. The van der Waals surface area contributed by atoms with Gasteiger partial charge < -0.3 is 10.6 Å². The average Bonchev–Trinajstić information content (AvgIpc) is 2.49. The molecular weight excluding hydrogens is 262 g/mol. The zero-order valence-corrected chi connectivity index (χ0v) is 12.7. The minimum Gasteiger partial charge on any atom is -0.384 e. The highest BCUT2D eigenvalue weighted by Gasteiger charge is 2.08. The van der Waals surface area contributed by atoms with Crippen LogP contribution in [-0.2, 0) is 0 Å². The fraction of sp³-hybridized carbons (Fsp3) is 0.294. The monoisotopic (exact) mass is 283 g/mol. The van der Waals surface area contributed by atoms with Gasteiger partial charge in [-0.15, -0.1) is 0 Å². The predicted octanol–water partition coefficient (Wildman–Crippen LogP) is 3.89. The highest BCUT2D eigenvalue weighted by atomic mass is 16.1. The largest absolute Gasteiger partial charge is 0.384 e. The van der Waals surface area contributed by atoms with E-state index in [1.165, 1.54) is 5.56 Å². The van der Waals surface area contributed by atoms with E-state index in [-0.39, 0.29) is 5.91 Å². The number of amides is 1. The maximum absolute atomic E-state index is 12.1. The van der Waals surface area contributed by atoms with Crippen LogP contribution < -0.4 is 10.6 Å². The summed E-state index contributed by atoms with van der Waals surface area (Å²) in [6, 6.07) is 11.5. The fourth-order valence-electron chi connectivity index (χ4n) is 1.98. The molecule has 0 saturated carbocycles. The van der Waals surface area contributed by atoms with Crippen LogP contribution in [0.25, 0.3) is 0 Å². The molecule has 0 aliphatic heterocycles. The smallest absolute Gasteiger partial charge is 0.274 e. The summed E-state index contributed by atoms with van der Waals surface area (Å²) in [4.78, 5) is 16.3. The minimum atomic E-state index is -0.199. The topological polar surface area (TPSA) is 54.0 Å². The van der Waals surface area contributed by atoms with Crippen molar-refractivity contribution < 1.29 is 4.79 Å². The molecule has 0 bridgehead atoms. The van der Waals surface area contributed by atoms with Gasteiger partial charge in [-0.2, -0.15) is 0 Å². The molecule has 0 spiro atoms. The summed E-state index contributed by atoms with van der Waals surface area (Å²) in [6.07, 6.45) is 1.67. The predicted molar refractivity (Wildman–Crippen MR) is 86.9 cm³/mol. The second-order valence-electron chi connectivity index (χ2n) is 5.19. The number of hydrogen-bond donors (Lipinski definition) is 2. The molecule has 21 heavy (non-hydrogen) atoms. The number of carbonyl (C=O) groups excluding carboxylic acids is 1. The number of anilines is 2. The number of aromatic nitrogens is 1. The number of rotatable bonds is 5. The number of hydrogen-bond acceptors (Lipinski definition) is 3. The summed E-state index contributed by atoms with van der Waals surface area (Å²) in [6.45, 7) is 7.13. The first-order valence-corrected chi connectivity index (χ1v) is 7.21.